The van der Waals surface area contributed by atoms with Crippen molar-refractivity contribution in [3.63, 3.8) is 0 Å². The first-order chi connectivity index (χ1) is 12.2. The lowest BCUT2D eigenvalue weighted by Crippen LogP contribution is -2.71. The average Bonchev–Trinajstić information content (AvgIpc) is 2.53. The van der Waals surface area contributed by atoms with Gasteiger partial charge in [0, 0.05) is 6.42 Å². The third-order valence-corrected chi connectivity index (χ3v) is 3.49. The maximum absolute atomic E-state index is 13.6. The molecule has 0 aliphatic heterocycles. The number of benzene rings is 1. The van der Waals surface area contributed by atoms with E-state index in [4.69, 9.17) is 0 Å². The minimum absolute atomic E-state index is 0.473. The van der Waals surface area contributed by atoms with Gasteiger partial charge in [0.15, 0.2) is 0 Å². The van der Waals surface area contributed by atoms with Crippen LogP contribution in [0.2, 0.25) is 0 Å². The molecule has 0 fully saturated rings. The molecule has 0 saturated carbocycles. The van der Waals surface area contributed by atoms with Crippen molar-refractivity contribution in [1.29, 1.82) is 0 Å². The van der Waals surface area contributed by atoms with Gasteiger partial charge in [-0.15, -0.1) is 0 Å². The number of rotatable bonds is 7. The van der Waals surface area contributed by atoms with Gasteiger partial charge >= 0.3 is 35.8 Å². The zero-order valence-corrected chi connectivity index (χ0v) is 12.9. The number of ketones is 1. The Hall–Kier alpha value is -2.02. The van der Waals surface area contributed by atoms with E-state index in [9.17, 15) is 61.9 Å². The summed E-state index contributed by atoms with van der Waals surface area (Å²) >= 11 is 0. The molecule has 0 aliphatic carbocycles. The van der Waals surface area contributed by atoms with Gasteiger partial charge in [-0.1, -0.05) is 30.3 Å². The molecule has 1 rings (SSSR count). The monoisotopic (exact) mass is 438 g/mol. The van der Waals surface area contributed by atoms with Crippen LogP contribution in [-0.4, -0.2) is 41.6 Å². The van der Waals surface area contributed by atoms with Crippen molar-refractivity contribution in [2.24, 2.45) is 0 Å². The van der Waals surface area contributed by atoms with Crippen LogP contribution in [0, 0.1) is 0 Å². The zero-order chi connectivity index (χ0) is 22.4. The zero-order valence-electron chi connectivity index (χ0n) is 12.9. The molecule has 0 radical (unpaired) electrons. The number of Topliss-reactive ketones (excluding diaryl/α,β-unsaturated/α-hetero) is 1. The second kappa shape index (κ2) is 6.79. The predicted octanol–water partition coefficient (Wildman–Crippen LogP) is 5.54. The molecule has 0 amide bonds. The molecule has 0 aliphatic rings. The van der Waals surface area contributed by atoms with Gasteiger partial charge in [0.2, 0.25) is 5.78 Å². The number of carbonyl (C=O) groups excluding carboxylic acids is 1. The van der Waals surface area contributed by atoms with E-state index in [0.717, 1.165) is 24.3 Å². The average molecular weight is 438 g/mol. The molecule has 0 atom stereocenters. The molecule has 1 aromatic carbocycles. The first-order valence-electron chi connectivity index (χ1n) is 6.78. The van der Waals surface area contributed by atoms with Crippen molar-refractivity contribution in [3.05, 3.63) is 35.9 Å². The van der Waals surface area contributed by atoms with Crippen LogP contribution in [-0.2, 0) is 11.2 Å². The summed E-state index contributed by atoms with van der Waals surface area (Å²) in [7, 11) is 0. The molecule has 0 aromatic heterocycles. The lowest BCUT2D eigenvalue weighted by molar-refractivity contribution is -0.436. The Kier molecular flexibility index (Phi) is 5.83. The van der Waals surface area contributed by atoms with E-state index in [1.54, 1.807) is 0 Å². The van der Waals surface area contributed by atoms with E-state index in [-0.39, 0.29) is 0 Å². The number of hydrogen-bond donors (Lipinski definition) is 0. The summed E-state index contributed by atoms with van der Waals surface area (Å²) in [6.45, 7) is 0. The maximum Gasteiger partial charge on any atom is 0.460 e. The molecule has 14 heteroatoms. The van der Waals surface area contributed by atoms with Gasteiger partial charge in [0.1, 0.15) is 0 Å². The highest BCUT2D eigenvalue weighted by atomic mass is 19.4. The fourth-order valence-electron chi connectivity index (χ4n) is 1.84. The van der Waals surface area contributed by atoms with Crippen molar-refractivity contribution < 1.29 is 61.9 Å². The molecular formula is C14H7F13O. The van der Waals surface area contributed by atoms with Gasteiger partial charge in [-0.25, -0.2) is 0 Å². The Morgan fingerprint density at radius 2 is 1.00 bits per heavy atom. The van der Waals surface area contributed by atoms with E-state index in [1.165, 1.54) is 6.07 Å². The van der Waals surface area contributed by atoms with Gasteiger partial charge in [-0.3, -0.25) is 4.79 Å². The van der Waals surface area contributed by atoms with E-state index >= 15 is 0 Å². The molecule has 0 spiro atoms. The highest BCUT2D eigenvalue weighted by Crippen LogP contribution is 2.60. The lowest BCUT2D eigenvalue weighted by atomic mass is 9.90. The largest absolute Gasteiger partial charge is 0.460 e. The van der Waals surface area contributed by atoms with E-state index < -0.39 is 53.6 Å². The fraction of sp³-hybridized carbons (Fsp3) is 0.500. The molecule has 0 heterocycles. The van der Waals surface area contributed by atoms with Gasteiger partial charge in [0.25, 0.3) is 0 Å². The predicted molar refractivity (Wildman–Crippen MR) is 65.9 cm³/mol. The minimum atomic E-state index is -8.02. The normalized spacial score (nSPS) is 14.9. The van der Waals surface area contributed by atoms with Gasteiger partial charge in [-0.2, -0.15) is 57.1 Å². The van der Waals surface area contributed by atoms with E-state index in [0.29, 0.717) is 0 Å². The molecular weight excluding hydrogens is 431 g/mol. The fourth-order valence-corrected chi connectivity index (χ4v) is 1.84. The maximum atomic E-state index is 13.6. The van der Waals surface area contributed by atoms with Gasteiger partial charge < -0.3 is 0 Å². The van der Waals surface area contributed by atoms with Crippen LogP contribution in [0.25, 0.3) is 0 Å². The van der Waals surface area contributed by atoms with Crippen LogP contribution >= 0.6 is 0 Å². The molecule has 0 bridgehead atoms. The highest BCUT2D eigenvalue weighted by Gasteiger charge is 2.91. The van der Waals surface area contributed by atoms with Crippen molar-refractivity contribution >= 4 is 5.78 Å². The van der Waals surface area contributed by atoms with Gasteiger partial charge in [0.05, 0.1) is 0 Å². The molecule has 0 saturated heterocycles. The first-order valence-corrected chi connectivity index (χ1v) is 6.78. The van der Waals surface area contributed by atoms with Crippen LogP contribution in [0.1, 0.15) is 5.56 Å². The number of carbonyl (C=O) groups is 1. The molecule has 0 N–H and O–H groups in total. The summed E-state index contributed by atoms with van der Waals surface area (Å²) in [4.78, 5) is 11.3. The standard InChI is InChI=1S/C14H7F13O/c15-9(16,8(28)6-7-4-2-1-3-5-7)10(17,18)11(19,20)12(21,22)13(23,24)14(25,26)27/h1-5H,6H2. The van der Waals surface area contributed by atoms with Crippen molar-refractivity contribution in [2.75, 3.05) is 0 Å². The Bertz CT molecular complexity index is 706. The number of alkyl halides is 13. The topological polar surface area (TPSA) is 17.1 Å². The molecule has 1 aromatic rings. The first kappa shape index (κ1) is 24.0. The smallest absolute Gasteiger partial charge is 0.292 e. The van der Waals surface area contributed by atoms with Crippen LogP contribution in [0.4, 0.5) is 57.1 Å². The quantitative estimate of drug-likeness (QED) is 0.512. The summed E-state index contributed by atoms with van der Waals surface area (Å²) in [6, 6.07) is 5.18. The van der Waals surface area contributed by atoms with Crippen LogP contribution in [0.3, 0.4) is 0 Å². The van der Waals surface area contributed by atoms with Crippen LogP contribution < -0.4 is 0 Å². The lowest BCUT2D eigenvalue weighted by Gasteiger charge is -2.39. The molecule has 1 nitrogen and oxygen atoms in total. The van der Waals surface area contributed by atoms with Crippen LogP contribution in [0.15, 0.2) is 30.3 Å². The Morgan fingerprint density at radius 3 is 1.39 bits per heavy atom. The third kappa shape index (κ3) is 3.41. The minimum Gasteiger partial charge on any atom is -0.292 e. The molecule has 0 unspecified atom stereocenters. The SMILES string of the molecule is O=C(Cc1ccccc1)C(F)(F)C(F)(F)C(F)(F)C(F)(F)C(F)(F)C(F)(F)F. The second-order valence-corrected chi connectivity index (χ2v) is 5.46. The highest BCUT2D eigenvalue weighted by molar-refractivity contribution is 5.88. The van der Waals surface area contributed by atoms with E-state index in [1.807, 2.05) is 0 Å². The summed E-state index contributed by atoms with van der Waals surface area (Å²) in [5.74, 6) is -41.2. The Labute approximate surface area is 147 Å². The van der Waals surface area contributed by atoms with Crippen LogP contribution in [0.5, 0.6) is 0 Å². The van der Waals surface area contributed by atoms with Crippen molar-refractivity contribution in [1.82, 2.24) is 0 Å². The third-order valence-electron chi connectivity index (χ3n) is 3.49. The summed E-state index contributed by atoms with van der Waals surface area (Å²) in [6.07, 6.45) is -9.21. The van der Waals surface area contributed by atoms with Gasteiger partial charge in [-0.05, 0) is 5.56 Å². The summed E-state index contributed by atoms with van der Waals surface area (Å²) < 4.78 is 168. The number of hydrogen-bond acceptors (Lipinski definition) is 1. The van der Waals surface area contributed by atoms with Crippen molar-refractivity contribution in [3.8, 4) is 0 Å². The molecule has 28 heavy (non-hydrogen) atoms. The Balaban J connectivity index is 3.38. The van der Waals surface area contributed by atoms with E-state index in [2.05, 4.69) is 0 Å². The summed E-state index contributed by atoms with van der Waals surface area (Å²) in [5.41, 5.74) is -0.473. The molecule has 160 valence electrons. The Morgan fingerprint density at radius 1 is 0.607 bits per heavy atom. The second-order valence-electron chi connectivity index (χ2n) is 5.46. The summed E-state index contributed by atoms with van der Waals surface area (Å²) in [5, 5.41) is 0. The number of halogens is 13. The van der Waals surface area contributed by atoms with Crippen molar-refractivity contribution in [2.45, 2.75) is 42.2 Å².